The van der Waals surface area contributed by atoms with Gasteiger partial charge in [0.25, 0.3) is 0 Å². The summed E-state index contributed by atoms with van der Waals surface area (Å²) in [6.07, 6.45) is 4.09. The predicted molar refractivity (Wildman–Crippen MR) is 198 cm³/mol. The summed E-state index contributed by atoms with van der Waals surface area (Å²) in [5.74, 6) is 1.89. The van der Waals surface area contributed by atoms with Gasteiger partial charge in [-0.25, -0.2) is 15.0 Å². The number of benzene rings is 6. The summed E-state index contributed by atoms with van der Waals surface area (Å²) in [7, 11) is 0. The van der Waals surface area contributed by atoms with Crippen molar-refractivity contribution in [2.75, 3.05) is 0 Å². The molecule has 6 heteroatoms. The zero-order chi connectivity index (χ0) is 31.6. The minimum Gasteiger partial charge on any atom is -0.455 e. The number of aromatic nitrogens is 3. The van der Waals surface area contributed by atoms with Gasteiger partial charge in [0.15, 0.2) is 17.5 Å². The van der Waals surface area contributed by atoms with E-state index in [4.69, 9.17) is 19.4 Å². The van der Waals surface area contributed by atoms with Crippen LogP contribution in [0.2, 0.25) is 0 Å². The molecule has 5 nitrogen and oxygen atoms in total. The number of furan rings is 1. The lowest BCUT2D eigenvalue weighted by molar-refractivity contribution is 0.669. The molecule has 0 spiro atoms. The van der Waals surface area contributed by atoms with Crippen molar-refractivity contribution in [3.05, 3.63) is 145 Å². The normalized spacial score (nSPS) is 12.6. The molecule has 0 amide bonds. The largest absolute Gasteiger partial charge is 0.455 e. The molecule has 226 valence electrons. The molecule has 0 bridgehead atoms. The maximum atomic E-state index is 6.77. The molecule has 4 heterocycles. The lowest BCUT2D eigenvalue weighted by Crippen LogP contribution is -2.09. The fourth-order valence-corrected chi connectivity index (χ4v) is 8.07. The first kappa shape index (κ1) is 27.0. The summed E-state index contributed by atoms with van der Waals surface area (Å²) in [5, 5.41) is 7.78. The van der Waals surface area contributed by atoms with Crippen molar-refractivity contribution in [3.63, 3.8) is 0 Å². The van der Waals surface area contributed by atoms with Crippen LogP contribution in [0.15, 0.2) is 138 Å². The molecule has 0 radical (unpaired) electrons. The Morgan fingerprint density at radius 2 is 1.25 bits per heavy atom. The first-order valence-corrected chi connectivity index (χ1v) is 16.8. The zero-order valence-corrected chi connectivity index (χ0v) is 26.5. The summed E-state index contributed by atoms with van der Waals surface area (Å²) >= 11 is 1.79. The Bertz CT molecular complexity index is 2730. The maximum absolute atomic E-state index is 6.77. The Morgan fingerprint density at radius 1 is 0.562 bits per heavy atom. The van der Waals surface area contributed by atoms with Crippen molar-refractivity contribution < 1.29 is 4.42 Å². The number of thiophene rings is 1. The van der Waals surface area contributed by atoms with E-state index in [1.807, 2.05) is 30.5 Å². The molecule has 0 unspecified atom stereocenters. The minimum atomic E-state index is 0.610. The molecule has 9 aromatic rings. The van der Waals surface area contributed by atoms with Gasteiger partial charge in [-0.05, 0) is 65.4 Å². The molecule has 0 atom stereocenters. The van der Waals surface area contributed by atoms with E-state index in [-0.39, 0.29) is 0 Å². The molecule has 0 saturated heterocycles. The number of fused-ring (bicyclic) bond motifs is 7. The minimum absolute atomic E-state index is 0.610. The first-order chi connectivity index (χ1) is 23.8. The Hall–Kier alpha value is -6.11. The maximum Gasteiger partial charge on any atom is 0.164 e. The van der Waals surface area contributed by atoms with Crippen molar-refractivity contribution >= 4 is 59.5 Å². The zero-order valence-electron chi connectivity index (χ0n) is 25.6. The first-order valence-electron chi connectivity index (χ1n) is 16.0. The molecule has 1 N–H and O–H groups in total. The molecule has 0 saturated carbocycles. The van der Waals surface area contributed by atoms with Crippen LogP contribution in [-0.4, -0.2) is 15.0 Å². The highest BCUT2D eigenvalue weighted by Crippen LogP contribution is 2.44. The lowest BCUT2D eigenvalue weighted by atomic mass is 9.96. The Labute approximate surface area is 279 Å². The average molecular weight is 635 g/mol. The summed E-state index contributed by atoms with van der Waals surface area (Å²) in [4.78, 5) is 15.6. The van der Waals surface area contributed by atoms with Crippen LogP contribution in [0.1, 0.15) is 11.1 Å². The topological polar surface area (TPSA) is 63.8 Å². The summed E-state index contributed by atoms with van der Waals surface area (Å²) in [6, 6.07) is 44.2. The molecule has 48 heavy (non-hydrogen) atoms. The van der Waals surface area contributed by atoms with Gasteiger partial charge in [0.2, 0.25) is 0 Å². The van der Waals surface area contributed by atoms with Gasteiger partial charge >= 0.3 is 0 Å². The van der Waals surface area contributed by atoms with Gasteiger partial charge in [-0.15, -0.1) is 11.3 Å². The van der Waals surface area contributed by atoms with E-state index < -0.39 is 0 Å². The van der Waals surface area contributed by atoms with Gasteiger partial charge in [0, 0.05) is 59.7 Å². The second-order valence-corrected chi connectivity index (χ2v) is 13.1. The fraction of sp³-hybridized carbons (Fsp3) is 0.0238. The highest BCUT2D eigenvalue weighted by molar-refractivity contribution is 7.25. The summed E-state index contributed by atoms with van der Waals surface area (Å²) in [6.45, 7) is 0.759. The second-order valence-electron chi connectivity index (χ2n) is 12.0. The summed E-state index contributed by atoms with van der Waals surface area (Å²) in [5.41, 5.74) is 9.01. The van der Waals surface area contributed by atoms with Gasteiger partial charge in [-0.3, -0.25) is 0 Å². The van der Waals surface area contributed by atoms with Crippen LogP contribution in [0.5, 0.6) is 0 Å². The van der Waals surface area contributed by atoms with Crippen molar-refractivity contribution in [1.82, 2.24) is 20.3 Å². The number of rotatable bonds is 4. The third-order valence-corrected chi connectivity index (χ3v) is 10.3. The van der Waals surface area contributed by atoms with Gasteiger partial charge in [0.05, 0.1) is 0 Å². The van der Waals surface area contributed by atoms with Crippen molar-refractivity contribution in [2.24, 2.45) is 0 Å². The van der Waals surface area contributed by atoms with Gasteiger partial charge in [-0.2, -0.15) is 0 Å². The van der Waals surface area contributed by atoms with Crippen LogP contribution in [0.3, 0.4) is 0 Å². The standard InChI is InChI=1S/C42H26N4OS/c1-3-10-25(11-4-1)29-18-19-32(38-33-22-28-24-43-21-20-27(28)23-34(33)47-39(29)38)42-45-40(26-12-5-2-6-13-26)44-41(46-42)31-15-9-17-36-37(31)30-14-7-8-16-35(30)48-36/h1-23,43H,24H2. The smallest absolute Gasteiger partial charge is 0.164 e. The van der Waals surface area contributed by atoms with Crippen LogP contribution in [-0.2, 0) is 6.54 Å². The van der Waals surface area contributed by atoms with E-state index in [1.165, 1.54) is 25.7 Å². The predicted octanol–water partition coefficient (Wildman–Crippen LogP) is 10.9. The van der Waals surface area contributed by atoms with E-state index in [0.29, 0.717) is 17.5 Å². The highest BCUT2D eigenvalue weighted by Gasteiger charge is 2.23. The third kappa shape index (κ3) is 4.27. The Morgan fingerprint density at radius 3 is 2.08 bits per heavy atom. The molecule has 10 rings (SSSR count). The van der Waals surface area contributed by atoms with Crippen LogP contribution in [0, 0.1) is 0 Å². The van der Waals surface area contributed by atoms with Crippen molar-refractivity contribution in [3.8, 4) is 45.3 Å². The van der Waals surface area contributed by atoms with Crippen LogP contribution in [0.25, 0.3) is 93.5 Å². The number of hydrogen-bond donors (Lipinski definition) is 1. The Balaban J connectivity index is 1.29. The molecule has 0 fully saturated rings. The second kappa shape index (κ2) is 10.7. The van der Waals surface area contributed by atoms with Crippen LogP contribution < -0.4 is 5.32 Å². The number of hydrogen-bond acceptors (Lipinski definition) is 6. The molecule has 6 aromatic carbocycles. The van der Waals surface area contributed by atoms with E-state index in [1.54, 1.807) is 11.3 Å². The number of nitrogens with one attached hydrogen (secondary N) is 1. The molecule has 0 aliphatic carbocycles. The average Bonchev–Trinajstić information content (AvgIpc) is 3.72. The van der Waals surface area contributed by atoms with E-state index in [9.17, 15) is 0 Å². The van der Waals surface area contributed by atoms with Gasteiger partial charge in [-0.1, -0.05) is 91.0 Å². The van der Waals surface area contributed by atoms with Crippen LogP contribution >= 0.6 is 11.3 Å². The van der Waals surface area contributed by atoms with E-state index in [2.05, 4.69) is 115 Å². The Kier molecular flexibility index (Phi) is 6.04. The monoisotopic (exact) mass is 634 g/mol. The van der Waals surface area contributed by atoms with E-state index >= 15 is 0 Å². The lowest BCUT2D eigenvalue weighted by Gasteiger charge is -2.12. The molecule has 3 aromatic heterocycles. The van der Waals surface area contributed by atoms with Crippen LogP contribution in [0.4, 0.5) is 0 Å². The molecule has 1 aliphatic heterocycles. The quantitative estimate of drug-likeness (QED) is 0.209. The molecular weight excluding hydrogens is 609 g/mol. The molecular formula is C42H26N4OS. The molecule has 1 aliphatic rings. The van der Waals surface area contributed by atoms with Gasteiger partial charge in [0.1, 0.15) is 11.2 Å². The van der Waals surface area contributed by atoms with Gasteiger partial charge < -0.3 is 9.73 Å². The van der Waals surface area contributed by atoms with Crippen molar-refractivity contribution in [2.45, 2.75) is 6.54 Å². The highest BCUT2D eigenvalue weighted by atomic mass is 32.1. The van der Waals surface area contributed by atoms with Crippen molar-refractivity contribution in [1.29, 1.82) is 0 Å². The number of nitrogens with zero attached hydrogens (tertiary/aromatic N) is 3. The SMILES string of the molecule is C1=Cc2cc3oc4c(-c5ccccc5)ccc(-c5nc(-c6ccccc6)nc(-c6cccc7sc8ccccc8c67)n5)c4c3cc2CN1. The summed E-state index contributed by atoms with van der Waals surface area (Å²) < 4.78 is 9.22. The van der Waals surface area contributed by atoms with E-state index in [0.717, 1.165) is 61.9 Å². The third-order valence-electron chi connectivity index (χ3n) is 9.19. The fourth-order valence-electron chi connectivity index (χ4n) is 6.94.